The molecule has 8 heteroatoms. The lowest BCUT2D eigenvalue weighted by Crippen LogP contribution is -2.15. The Morgan fingerprint density at radius 1 is 1.19 bits per heavy atom. The summed E-state index contributed by atoms with van der Waals surface area (Å²) in [4.78, 5) is 23.7. The Bertz CT molecular complexity index is 1040. The van der Waals surface area contributed by atoms with Gasteiger partial charge in [-0.2, -0.15) is 5.10 Å². The van der Waals surface area contributed by atoms with Gasteiger partial charge in [0.25, 0.3) is 5.91 Å². The third-order valence-electron chi connectivity index (χ3n) is 4.67. The molecule has 0 aliphatic heterocycles. The second-order valence-corrected chi connectivity index (χ2v) is 6.90. The summed E-state index contributed by atoms with van der Waals surface area (Å²) in [5.41, 5.74) is 11.1. The van der Waals surface area contributed by atoms with Gasteiger partial charge in [-0.05, 0) is 66.8 Å². The van der Waals surface area contributed by atoms with E-state index in [9.17, 15) is 9.59 Å². The quantitative estimate of drug-likeness (QED) is 0.464. The van der Waals surface area contributed by atoms with E-state index in [-0.39, 0.29) is 5.69 Å². The molecule has 3 aromatic rings. The van der Waals surface area contributed by atoms with Crippen LogP contribution in [0, 0.1) is 0 Å². The van der Waals surface area contributed by atoms with Crippen molar-refractivity contribution in [2.45, 2.75) is 17.7 Å². The molecule has 0 unspecified atom stereocenters. The van der Waals surface area contributed by atoms with Gasteiger partial charge in [-0.3, -0.25) is 14.7 Å². The minimum absolute atomic E-state index is 0.279. The van der Waals surface area contributed by atoms with Crippen molar-refractivity contribution < 1.29 is 9.59 Å². The van der Waals surface area contributed by atoms with E-state index in [1.165, 1.54) is 0 Å². The van der Waals surface area contributed by atoms with Crippen molar-refractivity contribution in [3.8, 4) is 16.9 Å². The normalized spacial score (nSPS) is 12.2. The van der Waals surface area contributed by atoms with Crippen molar-refractivity contribution in [2.75, 3.05) is 5.32 Å². The van der Waals surface area contributed by atoms with E-state index in [1.54, 1.807) is 4.68 Å². The van der Waals surface area contributed by atoms with Crippen LogP contribution >= 0.6 is 11.9 Å². The summed E-state index contributed by atoms with van der Waals surface area (Å²) < 4.78 is 1.74. The molecule has 136 valence electrons. The molecule has 7 nitrogen and oxygen atoms in total. The second kappa shape index (κ2) is 6.90. The first-order chi connectivity index (χ1) is 13.1. The molecule has 0 fully saturated rings. The van der Waals surface area contributed by atoms with E-state index in [1.807, 2.05) is 42.5 Å². The van der Waals surface area contributed by atoms with Gasteiger partial charge in [-0.1, -0.05) is 6.07 Å². The van der Waals surface area contributed by atoms with Gasteiger partial charge in [0.2, 0.25) is 6.41 Å². The number of hydrogen-bond acceptors (Lipinski definition) is 5. The Kier molecular flexibility index (Phi) is 4.43. The van der Waals surface area contributed by atoms with Crippen molar-refractivity contribution in [1.29, 1.82) is 0 Å². The van der Waals surface area contributed by atoms with Crippen LogP contribution in [0.3, 0.4) is 0 Å². The summed E-state index contributed by atoms with van der Waals surface area (Å²) in [5.74, 6) is -0.551. The maximum atomic E-state index is 12.0. The Morgan fingerprint density at radius 3 is 2.63 bits per heavy atom. The number of carbonyl (C=O) groups is 2. The van der Waals surface area contributed by atoms with Crippen LogP contribution < -0.4 is 16.2 Å². The van der Waals surface area contributed by atoms with Gasteiger partial charge in [0, 0.05) is 21.7 Å². The van der Waals surface area contributed by atoms with Crippen LogP contribution in [0.2, 0.25) is 0 Å². The fourth-order valence-electron chi connectivity index (χ4n) is 3.45. The average Bonchev–Trinajstić information content (AvgIpc) is 3.09. The lowest BCUT2D eigenvalue weighted by Gasteiger charge is -2.19. The molecule has 0 bridgehead atoms. The number of nitrogens with zero attached hydrogens (tertiary/aromatic N) is 2. The number of amides is 2. The van der Waals surface area contributed by atoms with Gasteiger partial charge in [0.15, 0.2) is 5.69 Å². The molecule has 0 saturated heterocycles. The summed E-state index contributed by atoms with van der Waals surface area (Å²) in [5, 5.41) is 12.8. The molecular weight excluding hydrogens is 362 g/mol. The van der Waals surface area contributed by atoms with Gasteiger partial charge in [-0.15, -0.1) is 0 Å². The van der Waals surface area contributed by atoms with Crippen LogP contribution in [-0.2, 0) is 17.6 Å². The van der Waals surface area contributed by atoms with Gasteiger partial charge in [-0.25, -0.2) is 4.68 Å². The van der Waals surface area contributed by atoms with Gasteiger partial charge < -0.3 is 11.1 Å². The minimum Gasteiger partial charge on any atom is -0.364 e. The second-order valence-electron chi connectivity index (χ2n) is 6.20. The van der Waals surface area contributed by atoms with Gasteiger partial charge in [0.05, 0.1) is 11.4 Å². The maximum absolute atomic E-state index is 12.0. The van der Waals surface area contributed by atoms with Crippen LogP contribution in [-0.4, -0.2) is 22.1 Å². The van der Waals surface area contributed by atoms with Crippen LogP contribution in [0.1, 0.15) is 21.6 Å². The molecule has 0 radical (unpaired) electrons. The number of nitrogens with one attached hydrogen (secondary N) is 1. The molecule has 2 amide bonds. The van der Waals surface area contributed by atoms with E-state index in [0.717, 1.165) is 51.3 Å². The lowest BCUT2D eigenvalue weighted by molar-refractivity contribution is -0.105. The van der Waals surface area contributed by atoms with Crippen LogP contribution in [0.4, 0.5) is 5.69 Å². The topological polar surface area (TPSA) is 116 Å². The smallest absolute Gasteiger partial charge is 0.269 e. The molecule has 1 aliphatic carbocycles. The number of primary amides is 1. The number of carbonyl (C=O) groups excluding carboxylic acids is 2. The number of aromatic nitrogens is 2. The molecule has 5 N–H and O–H groups in total. The minimum atomic E-state index is -0.551. The number of nitrogens with two attached hydrogens (primary N) is 2. The number of fused-ring (bicyclic) bond motifs is 3. The van der Waals surface area contributed by atoms with Crippen molar-refractivity contribution in [1.82, 2.24) is 9.78 Å². The first-order valence-electron chi connectivity index (χ1n) is 8.34. The van der Waals surface area contributed by atoms with Crippen molar-refractivity contribution in [3.63, 3.8) is 0 Å². The van der Waals surface area contributed by atoms with E-state index in [2.05, 4.69) is 10.4 Å². The highest BCUT2D eigenvalue weighted by Crippen LogP contribution is 2.38. The van der Waals surface area contributed by atoms with E-state index in [4.69, 9.17) is 10.9 Å². The molecule has 0 atom stereocenters. The molecule has 1 aromatic heterocycles. The largest absolute Gasteiger partial charge is 0.364 e. The molecule has 2 aromatic carbocycles. The van der Waals surface area contributed by atoms with Crippen LogP contribution in [0.5, 0.6) is 0 Å². The highest BCUT2D eigenvalue weighted by Gasteiger charge is 2.28. The summed E-state index contributed by atoms with van der Waals surface area (Å²) in [6.45, 7) is 0. The van der Waals surface area contributed by atoms with E-state index >= 15 is 0 Å². The van der Waals surface area contributed by atoms with Crippen molar-refractivity contribution >= 4 is 30.0 Å². The highest BCUT2D eigenvalue weighted by atomic mass is 32.2. The first-order valence-corrected chi connectivity index (χ1v) is 9.22. The lowest BCUT2D eigenvalue weighted by atomic mass is 9.88. The zero-order valence-electron chi connectivity index (χ0n) is 14.3. The number of aryl methyl sites for hydroxylation is 1. The first kappa shape index (κ1) is 17.3. The Morgan fingerprint density at radius 2 is 1.96 bits per heavy atom. The predicted molar refractivity (Wildman–Crippen MR) is 105 cm³/mol. The monoisotopic (exact) mass is 379 g/mol. The number of anilines is 1. The third-order valence-corrected chi connectivity index (χ3v) is 5.21. The fourth-order valence-corrected chi connectivity index (χ4v) is 3.74. The Balaban J connectivity index is 1.95. The number of benzene rings is 2. The Hall–Kier alpha value is -3.10. The SMILES string of the molecule is NSc1ccc(-n2nc(C(N)=O)c3c2-c2cc(NC=O)ccc2CC3)cc1. The molecule has 27 heavy (non-hydrogen) atoms. The van der Waals surface area contributed by atoms with E-state index in [0.29, 0.717) is 18.5 Å². The molecule has 0 spiro atoms. The molecule has 1 aliphatic rings. The Labute approximate surface area is 159 Å². The van der Waals surface area contributed by atoms with Crippen LogP contribution in [0.25, 0.3) is 16.9 Å². The predicted octanol–water partition coefficient (Wildman–Crippen LogP) is 2.27. The molecule has 1 heterocycles. The summed E-state index contributed by atoms with van der Waals surface area (Å²) in [6.07, 6.45) is 2.09. The number of rotatable bonds is 5. The standard InChI is InChI=1S/C19H17N5O2S/c20-19(26)17-15-8-2-11-1-3-12(22-10-25)9-16(11)18(15)24(23-17)13-4-6-14(27-21)7-5-13/h1,3-7,9-10H,2,8,21H2,(H2,20,26)(H,22,25). The van der Waals surface area contributed by atoms with Crippen molar-refractivity contribution in [3.05, 3.63) is 59.3 Å². The number of hydrogen-bond donors (Lipinski definition) is 3. The van der Waals surface area contributed by atoms with Gasteiger partial charge >= 0.3 is 0 Å². The average molecular weight is 379 g/mol. The van der Waals surface area contributed by atoms with Crippen LogP contribution in [0.15, 0.2) is 47.4 Å². The maximum Gasteiger partial charge on any atom is 0.269 e. The summed E-state index contributed by atoms with van der Waals surface area (Å²) >= 11 is 1.16. The summed E-state index contributed by atoms with van der Waals surface area (Å²) in [6, 6.07) is 13.3. The molecular formula is C19H17N5O2S. The molecule has 4 rings (SSSR count). The third kappa shape index (κ3) is 2.98. The fraction of sp³-hybridized carbons (Fsp3) is 0.105. The van der Waals surface area contributed by atoms with Crippen molar-refractivity contribution in [2.24, 2.45) is 10.9 Å². The molecule has 0 saturated carbocycles. The van der Waals surface area contributed by atoms with E-state index < -0.39 is 5.91 Å². The zero-order valence-corrected chi connectivity index (χ0v) is 15.1. The summed E-state index contributed by atoms with van der Waals surface area (Å²) in [7, 11) is 0. The highest BCUT2D eigenvalue weighted by molar-refractivity contribution is 7.97. The zero-order chi connectivity index (χ0) is 19.0. The van der Waals surface area contributed by atoms with Gasteiger partial charge in [0.1, 0.15) is 0 Å².